The lowest BCUT2D eigenvalue weighted by Crippen LogP contribution is -2.08. The second-order valence-corrected chi connectivity index (χ2v) is 3.84. The molecule has 0 heterocycles. The Hall–Kier alpha value is -0.760. The summed E-state index contributed by atoms with van der Waals surface area (Å²) in [5.74, 6) is 0.729. The van der Waals surface area contributed by atoms with Crippen LogP contribution >= 0.6 is 12.6 Å². The van der Waals surface area contributed by atoms with Gasteiger partial charge < -0.3 is 5.41 Å². The van der Waals surface area contributed by atoms with Crippen molar-refractivity contribution in [3.05, 3.63) is 34.9 Å². The molecule has 0 aromatic heterocycles. The summed E-state index contributed by atoms with van der Waals surface area (Å²) >= 11 is 4.27. The standard InChI is InChI=1S/C12H17NS/c1-3-5-10-6-4-7-11(13)12(10)9(2)8-14/h4,6-7,13-14H,3,5,8H2,1-2H3/b12-9+,13-11?. The lowest BCUT2D eigenvalue weighted by Gasteiger charge is -2.16. The third kappa shape index (κ3) is 2.38. The maximum absolute atomic E-state index is 7.87. The van der Waals surface area contributed by atoms with Crippen LogP contribution in [0.2, 0.25) is 0 Å². The molecule has 1 aliphatic rings. The SMILES string of the molecule is CCCC1=CC=CC(=N)/C1=C(\C)CS. The van der Waals surface area contributed by atoms with Crippen LogP contribution in [0.3, 0.4) is 0 Å². The summed E-state index contributed by atoms with van der Waals surface area (Å²) in [6, 6.07) is 0. The molecule has 1 N–H and O–H groups in total. The van der Waals surface area contributed by atoms with Crippen LogP contribution in [0.15, 0.2) is 34.9 Å². The molecule has 1 aliphatic carbocycles. The van der Waals surface area contributed by atoms with Gasteiger partial charge in [-0.1, -0.05) is 31.1 Å². The minimum atomic E-state index is 0.627. The number of nitrogens with one attached hydrogen (secondary N) is 1. The van der Waals surface area contributed by atoms with E-state index in [0.29, 0.717) is 5.71 Å². The first-order valence-corrected chi connectivity index (χ1v) is 5.61. The number of allylic oxidation sites excluding steroid dienone is 5. The summed E-state index contributed by atoms with van der Waals surface area (Å²) in [5.41, 5.74) is 4.21. The summed E-state index contributed by atoms with van der Waals surface area (Å²) in [6.45, 7) is 4.22. The lowest BCUT2D eigenvalue weighted by atomic mass is 9.90. The highest BCUT2D eigenvalue weighted by molar-refractivity contribution is 7.80. The Morgan fingerprint density at radius 2 is 2.21 bits per heavy atom. The van der Waals surface area contributed by atoms with Gasteiger partial charge in [-0.05, 0) is 25.0 Å². The minimum absolute atomic E-state index is 0.627. The smallest absolute Gasteiger partial charge is 0.0614 e. The van der Waals surface area contributed by atoms with Gasteiger partial charge in [-0.25, -0.2) is 0 Å². The van der Waals surface area contributed by atoms with Crippen molar-refractivity contribution >= 4 is 18.3 Å². The summed E-state index contributed by atoms with van der Waals surface area (Å²) < 4.78 is 0. The van der Waals surface area contributed by atoms with Gasteiger partial charge in [-0.3, -0.25) is 0 Å². The third-order valence-corrected chi connectivity index (χ3v) is 2.81. The first-order chi connectivity index (χ1) is 6.70. The number of hydrogen-bond donors (Lipinski definition) is 2. The van der Waals surface area contributed by atoms with Gasteiger partial charge in [0.15, 0.2) is 0 Å². The van der Waals surface area contributed by atoms with Crippen LogP contribution in [0.5, 0.6) is 0 Å². The van der Waals surface area contributed by atoms with Gasteiger partial charge in [0.25, 0.3) is 0 Å². The van der Waals surface area contributed by atoms with E-state index in [9.17, 15) is 0 Å². The van der Waals surface area contributed by atoms with Crippen LogP contribution in [0.4, 0.5) is 0 Å². The number of thiol groups is 1. The van der Waals surface area contributed by atoms with Gasteiger partial charge in [-0.15, -0.1) is 0 Å². The van der Waals surface area contributed by atoms with Crippen molar-refractivity contribution in [1.82, 2.24) is 0 Å². The quantitative estimate of drug-likeness (QED) is 0.661. The maximum Gasteiger partial charge on any atom is 0.0614 e. The van der Waals surface area contributed by atoms with Crippen LogP contribution in [0.25, 0.3) is 0 Å². The van der Waals surface area contributed by atoms with Crippen molar-refractivity contribution in [3.63, 3.8) is 0 Å². The Bertz CT molecular complexity index is 321. The van der Waals surface area contributed by atoms with E-state index in [4.69, 9.17) is 5.41 Å². The van der Waals surface area contributed by atoms with Gasteiger partial charge in [-0.2, -0.15) is 12.6 Å². The Balaban J connectivity index is 3.06. The fourth-order valence-corrected chi connectivity index (χ4v) is 1.82. The van der Waals surface area contributed by atoms with Crippen LogP contribution in [0, 0.1) is 5.41 Å². The molecule has 0 aromatic carbocycles. The summed E-state index contributed by atoms with van der Waals surface area (Å²) in [5, 5.41) is 7.87. The molecule has 0 aliphatic heterocycles. The van der Waals surface area contributed by atoms with Crippen molar-refractivity contribution in [1.29, 1.82) is 5.41 Å². The average molecular weight is 207 g/mol. The molecule has 0 spiro atoms. The monoisotopic (exact) mass is 207 g/mol. The van der Waals surface area contributed by atoms with Crippen molar-refractivity contribution < 1.29 is 0 Å². The van der Waals surface area contributed by atoms with E-state index in [1.165, 1.54) is 11.1 Å². The van der Waals surface area contributed by atoms with Gasteiger partial charge >= 0.3 is 0 Å². The zero-order valence-corrected chi connectivity index (χ0v) is 9.70. The van der Waals surface area contributed by atoms with Crippen LogP contribution in [-0.2, 0) is 0 Å². The van der Waals surface area contributed by atoms with Crippen LogP contribution < -0.4 is 0 Å². The van der Waals surface area contributed by atoms with E-state index in [1.807, 2.05) is 12.2 Å². The van der Waals surface area contributed by atoms with E-state index in [2.05, 4.69) is 32.6 Å². The molecule has 1 rings (SSSR count). The van der Waals surface area contributed by atoms with Gasteiger partial charge in [0.05, 0.1) is 5.71 Å². The van der Waals surface area contributed by atoms with Crippen molar-refractivity contribution in [2.75, 3.05) is 5.75 Å². The first-order valence-electron chi connectivity index (χ1n) is 4.97. The zero-order valence-electron chi connectivity index (χ0n) is 8.80. The number of rotatable bonds is 3. The van der Waals surface area contributed by atoms with E-state index in [0.717, 1.165) is 24.2 Å². The molecule has 0 saturated heterocycles. The van der Waals surface area contributed by atoms with Crippen molar-refractivity contribution in [3.8, 4) is 0 Å². The average Bonchev–Trinajstić information content (AvgIpc) is 2.18. The zero-order chi connectivity index (χ0) is 10.6. The van der Waals surface area contributed by atoms with Crippen LogP contribution in [0.1, 0.15) is 26.7 Å². The van der Waals surface area contributed by atoms with Crippen molar-refractivity contribution in [2.45, 2.75) is 26.7 Å². The van der Waals surface area contributed by atoms with Crippen molar-refractivity contribution in [2.24, 2.45) is 0 Å². The second kappa shape index (κ2) is 5.20. The molecule has 0 unspecified atom stereocenters. The molecular weight excluding hydrogens is 190 g/mol. The molecule has 0 fully saturated rings. The normalized spacial score (nSPS) is 19.6. The Labute approximate surface area is 91.5 Å². The highest BCUT2D eigenvalue weighted by Gasteiger charge is 2.13. The molecule has 0 amide bonds. The molecule has 0 aromatic rings. The first kappa shape index (κ1) is 11.3. The fourth-order valence-electron chi connectivity index (χ4n) is 1.66. The highest BCUT2D eigenvalue weighted by atomic mass is 32.1. The third-order valence-electron chi connectivity index (χ3n) is 2.33. The molecule has 0 bridgehead atoms. The number of hydrogen-bond acceptors (Lipinski definition) is 2. The summed E-state index contributed by atoms with van der Waals surface area (Å²) in [4.78, 5) is 0. The van der Waals surface area contributed by atoms with E-state index >= 15 is 0 Å². The summed E-state index contributed by atoms with van der Waals surface area (Å²) in [6.07, 6.45) is 8.09. The highest BCUT2D eigenvalue weighted by Crippen LogP contribution is 2.25. The summed E-state index contributed by atoms with van der Waals surface area (Å²) in [7, 11) is 0. The lowest BCUT2D eigenvalue weighted by molar-refractivity contribution is 0.915. The molecule has 0 radical (unpaired) electrons. The topological polar surface area (TPSA) is 23.9 Å². The molecular formula is C12H17NS. The van der Waals surface area contributed by atoms with Crippen LogP contribution in [-0.4, -0.2) is 11.5 Å². The van der Waals surface area contributed by atoms with Gasteiger partial charge in [0, 0.05) is 11.3 Å². The molecule has 1 nitrogen and oxygen atoms in total. The predicted octanol–water partition coefficient (Wildman–Crippen LogP) is 3.55. The Kier molecular flexibility index (Phi) is 4.21. The molecule has 0 atom stereocenters. The molecule has 76 valence electrons. The predicted molar refractivity (Wildman–Crippen MR) is 66.4 cm³/mol. The molecule has 2 heteroatoms. The fraction of sp³-hybridized carbons (Fsp3) is 0.417. The van der Waals surface area contributed by atoms with E-state index in [1.54, 1.807) is 0 Å². The Morgan fingerprint density at radius 1 is 1.50 bits per heavy atom. The van der Waals surface area contributed by atoms with Gasteiger partial charge in [0.2, 0.25) is 0 Å². The molecule has 0 saturated carbocycles. The largest absolute Gasteiger partial charge is 0.300 e. The van der Waals surface area contributed by atoms with Gasteiger partial charge in [0.1, 0.15) is 0 Å². The second-order valence-electron chi connectivity index (χ2n) is 3.53. The molecule has 14 heavy (non-hydrogen) atoms. The van der Waals surface area contributed by atoms with E-state index in [-0.39, 0.29) is 0 Å². The van der Waals surface area contributed by atoms with E-state index < -0.39 is 0 Å². The Morgan fingerprint density at radius 3 is 2.79 bits per heavy atom. The minimum Gasteiger partial charge on any atom is -0.300 e. The maximum atomic E-state index is 7.87.